The van der Waals surface area contributed by atoms with E-state index in [1.165, 1.54) is 19.3 Å². The van der Waals surface area contributed by atoms with Crippen LogP contribution in [0.3, 0.4) is 0 Å². The third kappa shape index (κ3) is 2.09. The summed E-state index contributed by atoms with van der Waals surface area (Å²) in [6.07, 6.45) is 8.37. The normalized spacial score (nSPS) is 39.1. The summed E-state index contributed by atoms with van der Waals surface area (Å²) in [4.78, 5) is 10.9. The molecule has 0 saturated heterocycles. The lowest BCUT2D eigenvalue weighted by Crippen LogP contribution is -2.37. The molecule has 0 aromatic rings. The molecule has 0 unspecified atom stereocenters. The first-order valence-electron chi connectivity index (χ1n) is 6.79. The molecular weight excluding hydrogens is 196 g/mol. The van der Waals surface area contributed by atoms with E-state index in [1.54, 1.807) is 0 Å². The van der Waals surface area contributed by atoms with Gasteiger partial charge in [0.2, 0.25) is 0 Å². The van der Waals surface area contributed by atoms with Crippen LogP contribution in [0.1, 0.15) is 46.5 Å². The monoisotopic (exact) mass is 220 g/mol. The Kier molecular flexibility index (Phi) is 3.51. The number of allylic oxidation sites excluding steroid dienone is 2. The number of rotatable bonds is 2. The Morgan fingerprint density at radius 1 is 1.31 bits per heavy atom. The molecule has 4 atom stereocenters. The molecule has 90 valence electrons. The van der Waals surface area contributed by atoms with Crippen molar-refractivity contribution in [3.8, 4) is 0 Å². The summed E-state index contributed by atoms with van der Waals surface area (Å²) < 4.78 is 0. The first-order chi connectivity index (χ1) is 7.63. The predicted molar refractivity (Wildman–Crippen MR) is 67.1 cm³/mol. The van der Waals surface area contributed by atoms with Crippen molar-refractivity contribution in [1.82, 2.24) is 0 Å². The third-order valence-electron chi connectivity index (χ3n) is 4.86. The minimum atomic E-state index is 0.678. The molecule has 0 bridgehead atoms. The Morgan fingerprint density at radius 3 is 2.69 bits per heavy atom. The molecule has 16 heavy (non-hydrogen) atoms. The molecule has 0 spiro atoms. The van der Waals surface area contributed by atoms with E-state index in [-0.39, 0.29) is 0 Å². The maximum atomic E-state index is 10.9. The van der Waals surface area contributed by atoms with Crippen LogP contribution >= 0.6 is 0 Å². The van der Waals surface area contributed by atoms with E-state index in [4.69, 9.17) is 0 Å². The van der Waals surface area contributed by atoms with Crippen LogP contribution in [0.15, 0.2) is 11.6 Å². The maximum absolute atomic E-state index is 10.9. The molecule has 0 aromatic carbocycles. The molecule has 0 aliphatic heterocycles. The molecule has 0 aromatic heterocycles. The highest BCUT2D eigenvalue weighted by atomic mass is 16.1. The van der Waals surface area contributed by atoms with Gasteiger partial charge in [0.1, 0.15) is 6.29 Å². The van der Waals surface area contributed by atoms with Crippen molar-refractivity contribution in [2.45, 2.75) is 46.5 Å². The second-order valence-corrected chi connectivity index (χ2v) is 6.10. The highest BCUT2D eigenvalue weighted by Gasteiger charge is 2.39. The minimum absolute atomic E-state index is 0.678. The van der Waals surface area contributed by atoms with Crippen LogP contribution in [0.4, 0.5) is 0 Å². The van der Waals surface area contributed by atoms with Crippen molar-refractivity contribution in [2.24, 2.45) is 29.6 Å². The summed E-state index contributed by atoms with van der Waals surface area (Å²) in [5.41, 5.74) is 1.06. The fourth-order valence-electron chi connectivity index (χ4n) is 3.82. The second-order valence-electron chi connectivity index (χ2n) is 6.10. The van der Waals surface area contributed by atoms with Crippen LogP contribution in [0.2, 0.25) is 0 Å². The van der Waals surface area contributed by atoms with Crippen molar-refractivity contribution < 1.29 is 4.79 Å². The van der Waals surface area contributed by atoms with Crippen LogP contribution in [0.5, 0.6) is 0 Å². The van der Waals surface area contributed by atoms with Gasteiger partial charge in [-0.3, -0.25) is 4.79 Å². The number of hydrogen-bond donors (Lipinski definition) is 0. The van der Waals surface area contributed by atoms with E-state index in [2.05, 4.69) is 26.8 Å². The topological polar surface area (TPSA) is 17.1 Å². The van der Waals surface area contributed by atoms with Gasteiger partial charge in [-0.2, -0.15) is 0 Å². The number of carbonyl (C=O) groups excluding carboxylic acids is 1. The summed E-state index contributed by atoms with van der Waals surface area (Å²) in [6, 6.07) is 0. The molecule has 0 heterocycles. The third-order valence-corrected chi connectivity index (χ3v) is 4.86. The van der Waals surface area contributed by atoms with Gasteiger partial charge in [0.05, 0.1) is 0 Å². The van der Waals surface area contributed by atoms with Crippen molar-refractivity contribution in [3.63, 3.8) is 0 Å². The first-order valence-corrected chi connectivity index (χ1v) is 6.79. The molecular formula is C15H24O. The zero-order valence-corrected chi connectivity index (χ0v) is 10.8. The van der Waals surface area contributed by atoms with Crippen molar-refractivity contribution >= 4 is 6.29 Å². The average Bonchev–Trinajstić information content (AvgIpc) is 2.28. The van der Waals surface area contributed by atoms with E-state index in [0.29, 0.717) is 5.92 Å². The van der Waals surface area contributed by atoms with Gasteiger partial charge in [-0.1, -0.05) is 33.3 Å². The summed E-state index contributed by atoms with van der Waals surface area (Å²) in [6.45, 7) is 7.06. The number of fused-ring (bicyclic) bond motifs is 1. The molecule has 2 aliphatic carbocycles. The quantitative estimate of drug-likeness (QED) is 0.646. The number of hydrogen-bond acceptors (Lipinski definition) is 1. The molecule has 1 saturated carbocycles. The average molecular weight is 220 g/mol. The fraction of sp³-hybridized carbons (Fsp3) is 0.800. The standard InChI is InChI=1S/C15H24O/c1-10(2)13-6-4-11(3)14-7-5-12(9-16)8-15(13)14/h8-11,13-15H,4-7H2,1-3H3/t11-,13+,14+,15+/m1/s1. The van der Waals surface area contributed by atoms with E-state index in [9.17, 15) is 4.79 Å². The Balaban J connectivity index is 2.23. The van der Waals surface area contributed by atoms with E-state index >= 15 is 0 Å². The highest BCUT2D eigenvalue weighted by Crippen LogP contribution is 2.47. The van der Waals surface area contributed by atoms with Gasteiger partial charge in [-0.05, 0) is 54.4 Å². The Labute approximate surface area is 99.3 Å². The largest absolute Gasteiger partial charge is 0.298 e. The molecule has 2 aliphatic rings. The highest BCUT2D eigenvalue weighted by molar-refractivity contribution is 5.73. The van der Waals surface area contributed by atoms with Gasteiger partial charge in [0.25, 0.3) is 0 Å². The molecule has 1 nitrogen and oxygen atoms in total. The molecule has 0 amide bonds. The van der Waals surface area contributed by atoms with Crippen LogP contribution in [-0.4, -0.2) is 6.29 Å². The lowest BCUT2D eigenvalue weighted by Gasteiger charge is -2.45. The lowest BCUT2D eigenvalue weighted by molar-refractivity contribution is -0.105. The fourth-order valence-corrected chi connectivity index (χ4v) is 3.82. The van der Waals surface area contributed by atoms with Gasteiger partial charge >= 0.3 is 0 Å². The first kappa shape index (κ1) is 11.9. The van der Waals surface area contributed by atoms with Gasteiger partial charge < -0.3 is 0 Å². The van der Waals surface area contributed by atoms with Crippen LogP contribution < -0.4 is 0 Å². The van der Waals surface area contributed by atoms with Gasteiger partial charge in [0.15, 0.2) is 0 Å². The lowest BCUT2D eigenvalue weighted by atomic mass is 9.60. The van der Waals surface area contributed by atoms with Crippen LogP contribution in [0, 0.1) is 29.6 Å². The molecule has 0 N–H and O–H groups in total. The van der Waals surface area contributed by atoms with E-state index in [1.807, 2.05) is 0 Å². The summed E-state index contributed by atoms with van der Waals surface area (Å²) in [5, 5.41) is 0. The van der Waals surface area contributed by atoms with Crippen molar-refractivity contribution in [2.75, 3.05) is 0 Å². The Hall–Kier alpha value is -0.590. The summed E-state index contributed by atoms with van der Waals surface area (Å²) in [7, 11) is 0. The number of aldehydes is 1. The number of carbonyl (C=O) groups is 1. The van der Waals surface area contributed by atoms with Gasteiger partial charge in [-0.15, -0.1) is 0 Å². The summed E-state index contributed by atoms with van der Waals surface area (Å²) in [5.74, 6) is 3.92. The van der Waals surface area contributed by atoms with Crippen LogP contribution in [0.25, 0.3) is 0 Å². The van der Waals surface area contributed by atoms with E-state index in [0.717, 1.165) is 42.0 Å². The second kappa shape index (κ2) is 4.73. The minimum Gasteiger partial charge on any atom is -0.298 e. The molecule has 1 heteroatoms. The van der Waals surface area contributed by atoms with E-state index < -0.39 is 0 Å². The molecule has 2 rings (SSSR count). The SMILES string of the molecule is CC(C)[C@@H]1CC[C@@H](C)[C@@H]2CCC(C=O)=C[C@H]21. The molecule has 0 radical (unpaired) electrons. The zero-order chi connectivity index (χ0) is 11.7. The van der Waals surface area contributed by atoms with Crippen molar-refractivity contribution in [1.29, 1.82) is 0 Å². The van der Waals surface area contributed by atoms with Crippen molar-refractivity contribution in [3.05, 3.63) is 11.6 Å². The van der Waals surface area contributed by atoms with Gasteiger partial charge in [0, 0.05) is 0 Å². The summed E-state index contributed by atoms with van der Waals surface area (Å²) >= 11 is 0. The maximum Gasteiger partial charge on any atom is 0.145 e. The van der Waals surface area contributed by atoms with Crippen LogP contribution in [-0.2, 0) is 4.79 Å². The molecule has 1 fully saturated rings. The smallest absolute Gasteiger partial charge is 0.145 e. The zero-order valence-electron chi connectivity index (χ0n) is 10.8. The Morgan fingerprint density at radius 2 is 2.06 bits per heavy atom. The van der Waals surface area contributed by atoms with Gasteiger partial charge in [-0.25, -0.2) is 0 Å². The Bertz CT molecular complexity index is 290. The predicted octanol–water partition coefficient (Wildman–Crippen LogP) is 3.84.